The molecule has 1 N–H and O–H groups in total. The van der Waals surface area contributed by atoms with Crippen molar-refractivity contribution in [1.82, 2.24) is 10.3 Å². The summed E-state index contributed by atoms with van der Waals surface area (Å²) in [5, 5.41) is 5.31. The molecule has 0 saturated carbocycles. The Morgan fingerprint density at radius 2 is 1.90 bits per heavy atom. The number of nitrogens with zero attached hydrogens (tertiary/aromatic N) is 1. The van der Waals surface area contributed by atoms with Gasteiger partial charge in [0.1, 0.15) is 0 Å². The Labute approximate surface area is 138 Å². The fourth-order valence-electron chi connectivity index (χ4n) is 1.94. The first-order valence-corrected chi connectivity index (χ1v) is 7.45. The summed E-state index contributed by atoms with van der Waals surface area (Å²) in [5.74, 6) is 0. The number of hydrogen-bond acceptors (Lipinski definition) is 2. The molecule has 20 heavy (non-hydrogen) atoms. The van der Waals surface area contributed by atoms with Gasteiger partial charge in [0, 0.05) is 6.20 Å². The van der Waals surface area contributed by atoms with Crippen molar-refractivity contribution in [3.8, 4) is 0 Å². The van der Waals surface area contributed by atoms with Gasteiger partial charge in [-0.1, -0.05) is 58.5 Å². The molecule has 106 valence electrons. The van der Waals surface area contributed by atoms with E-state index in [2.05, 4.69) is 10.3 Å². The maximum atomic E-state index is 6.21. The second-order valence-electron chi connectivity index (χ2n) is 4.28. The van der Waals surface area contributed by atoms with Crippen LogP contribution in [0.15, 0.2) is 30.5 Å². The number of aromatic nitrogens is 1. The van der Waals surface area contributed by atoms with Gasteiger partial charge < -0.3 is 5.32 Å². The summed E-state index contributed by atoms with van der Waals surface area (Å²) < 4.78 is 0. The van der Waals surface area contributed by atoms with E-state index >= 15 is 0 Å². The fraction of sp³-hybridized carbons (Fsp3) is 0.214. The van der Waals surface area contributed by atoms with E-state index < -0.39 is 0 Å². The predicted molar refractivity (Wildman–Crippen MR) is 86.2 cm³/mol. The van der Waals surface area contributed by atoms with Gasteiger partial charge in [-0.2, -0.15) is 0 Å². The number of halogens is 4. The zero-order valence-corrected chi connectivity index (χ0v) is 13.7. The Morgan fingerprint density at radius 1 is 1.15 bits per heavy atom. The summed E-state index contributed by atoms with van der Waals surface area (Å²) in [6, 6.07) is 7.16. The molecule has 0 aliphatic rings. The number of pyridine rings is 1. The van der Waals surface area contributed by atoms with Gasteiger partial charge in [-0.3, -0.25) is 4.98 Å². The van der Waals surface area contributed by atoms with Crippen molar-refractivity contribution in [2.45, 2.75) is 12.5 Å². The zero-order valence-electron chi connectivity index (χ0n) is 10.6. The first kappa shape index (κ1) is 15.9. The average Bonchev–Trinajstić information content (AvgIpc) is 2.41. The minimum atomic E-state index is -0.0734. The molecule has 1 aromatic carbocycles. The summed E-state index contributed by atoms with van der Waals surface area (Å²) >= 11 is 24.3. The van der Waals surface area contributed by atoms with Crippen LogP contribution in [-0.2, 0) is 6.42 Å². The van der Waals surface area contributed by atoms with Crippen LogP contribution in [-0.4, -0.2) is 12.0 Å². The molecular formula is C14H12Cl4N2. The monoisotopic (exact) mass is 348 g/mol. The summed E-state index contributed by atoms with van der Waals surface area (Å²) in [6.07, 6.45) is 2.21. The number of hydrogen-bond donors (Lipinski definition) is 1. The molecule has 0 aliphatic heterocycles. The predicted octanol–water partition coefficient (Wildman–Crippen LogP) is 5.20. The van der Waals surface area contributed by atoms with Crippen LogP contribution in [0, 0.1) is 0 Å². The molecule has 1 heterocycles. The minimum absolute atomic E-state index is 0.0734. The second kappa shape index (κ2) is 6.97. The topological polar surface area (TPSA) is 24.9 Å². The van der Waals surface area contributed by atoms with Crippen molar-refractivity contribution in [2.24, 2.45) is 0 Å². The van der Waals surface area contributed by atoms with Crippen molar-refractivity contribution in [1.29, 1.82) is 0 Å². The van der Waals surface area contributed by atoms with E-state index in [-0.39, 0.29) is 6.04 Å². The maximum absolute atomic E-state index is 6.21. The molecule has 0 radical (unpaired) electrons. The Hall–Kier alpha value is -0.510. The Balaban J connectivity index is 2.31. The highest BCUT2D eigenvalue weighted by molar-refractivity contribution is 6.42. The first-order valence-electron chi connectivity index (χ1n) is 5.94. The average molecular weight is 350 g/mol. The molecule has 0 aliphatic carbocycles. The highest BCUT2D eigenvalue weighted by Gasteiger charge is 2.17. The molecule has 6 heteroatoms. The van der Waals surface area contributed by atoms with Crippen molar-refractivity contribution in [3.05, 3.63) is 61.8 Å². The van der Waals surface area contributed by atoms with Gasteiger partial charge in [-0.15, -0.1) is 0 Å². The number of benzene rings is 1. The van der Waals surface area contributed by atoms with Crippen molar-refractivity contribution < 1.29 is 0 Å². The third-order valence-corrected chi connectivity index (χ3v) is 4.34. The quantitative estimate of drug-likeness (QED) is 0.820. The fourth-order valence-corrected chi connectivity index (χ4v) is 2.85. The molecule has 0 spiro atoms. The number of rotatable bonds is 4. The Kier molecular flexibility index (Phi) is 5.53. The first-order chi connectivity index (χ1) is 9.52. The lowest BCUT2D eigenvalue weighted by Crippen LogP contribution is -2.20. The molecular weight excluding hydrogens is 338 g/mol. The van der Waals surface area contributed by atoms with Crippen molar-refractivity contribution >= 4 is 46.4 Å². The van der Waals surface area contributed by atoms with E-state index in [9.17, 15) is 0 Å². The molecule has 1 unspecified atom stereocenters. The number of nitrogens with one attached hydrogen (secondary N) is 1. The van der Waals surface area contributed by atoms with Crippen LogP contribution in [0.25, 0.3) is 0 Å². The summed E-state index contributed by atoms with van der Waals surface area (Å²) in [7, 11) is 1.84. The third kappa shape index (κ3) is 3.57. The molecule has 0 saturated heterocycles. The van der Waals surface area contributed by atoms with Gasteiger partial charge in [0.15, 0.2) is 0 Å². The molecule has 0 amide bonds. The molecule has 2 aromatic rings. The van der Waals surface area contributed by atoms with Gasteiger partial charge in [-0.25, -0.2) is 0 Å². The summed E-state index contributed by atoms with van der Waals surface area (Å²) in [6.45, 7) is 0. The van der Waals surface area contributed by atoms with Crippen LogP contribution < -0.4 is 5.32 Å². The molecule has 1 atom stereocenters. The van der Waals surface area contributed by atoms with Crippen molar-refractivity contribution in [3.63, 3.8) is 0 Å². The van der Waals surface area contributed by atoms with Crippen LogP contribution in [0.2, 0.25) is 20.1 Å². The van der Waals surface area contributed by atoms with Crippen LogP contribution in [0.1, 0.15) is 17.3 Å². The van der Waals surface area contributed by atoms with E-state index in [0.29, 0.717) is 26.5 Å². The highest BCUT2D eigenvalue weighted by atomic mass is 35.5. The van der Waals surface area contributed by atoms with Crippen LogP contribution in [0.3, 0.4) is 0 Å². The summed E-state index contributed by atoms with van der Waals surface area (Å²) in [5.41, 5.74) is 1.67. The zero-order chi connectivity index (χ0) is 14.7. The lowest BCUT2D eigenvalue weighted by Gasteiger charge is -2.18. The Bertz CT molecular complexity index is 616. The van der Waals surface area contributed by atoms with E-state index in [1.807, 2.05) is 19.2 Å². The third-order valence-electron chi connectivity index (χ3n) is 2.97. The molecule has 0 fully saturated rings. The molecule has 0 bridgehead atoms. The van der Waals surface area contributed by atoms with Crippen molar-refractivity contribution in [2.75, 3.05) is 7.05 Å². The normalized spacial score (nSPS) is 12.4. The standard InChI is InChI=1S/C14H12Cl4N2/c1-19-12(14-11(17)6-9(15)7-20-14)5-8-3-2-4-10(16)13(8)18/h2-4,6-7,12,19H,5H2,1H3. The number of likely N-dealkylation sites (N-methyl/N-ethyl adjacent to an activating group) is 1. The van der Waals surface area contributed by atoms with E-state index in [1.165, 1.54) is 0 Å². The van der Waals surface area contributed by atoms with Crippen LogP contribution in [0.5, 0.6) is 0 Å². The minimum Gasteiger partial charge on any atom is -0.311 e. The molecule has 2 rings (SSSR count). The van der Waals surface area contributed by atoms with Gasteiger partial charge in [0.2, 0.25) is 0 Å². The van der Waals surface area contributed by atoms with Crippen LogP contribution >= 0.6 is 46.4 Å². The maximum Gasteiger partial charge on any atom is 0.0763 e. The van der Waals surface area contributed by atoms with Gasteiger partial charge in [-0.05, 0) is 31.2 Å². The van der Waals surface area contributed by atoms with Crippen LogP contribution in [0.4, 0.5) is 0 Å². The van der Waals surface area contributed by atoms with Gasteiger partial charge in [0.05, 0.1) is 31.8 Å². The second-order valence-corrected chi connectivity index (χ2v) is 5.91. The lowest BCUT2D eigenvalue weighted by molar-refractivity contribution is 0.576. The van der Waals surface area contributed by atoms with E-state index in [4.69, 9.17) is 46.4 Å². The van der Waals surface area contributed by atoms with Gasteiger partial charge >= 0.3 is 0 Å². The Morgan fingerprint density at radius 3 is 2.55 bits per heavy atom. The largest absolute Gasteiger partial charge is 0.311 e. The van der Waals surface area contributed by atoms with Gasteiger partial charge in [0.25, 0.3) is 0 Å². The lowest BCUT2D eigenvalue weighted by atomic mass is 10.0. The SMILES string of the molecule is CNC(Cc1cccc(Cl)c1Cl)c1ncc(Cl)cc1Cl. The smallest absolute Gasteiger partial charge is 0.0763 e. The van der Waals surface area contributed by atoms with E-state index in [0.717, 1.165) is 11.3 Å². The highest BCUT2D eigenvalue weighted by Crippen LogP contribution is 2.31. The van der Waals surface area contributed by atoms with E-state index in [1.54, 1.807) is 18.3 Å². The summed E-state index contributed by atoms with van der Waals surface area (Å²) in [4.78, 5) is 4.29. The molecule has 2 nitrogen and oxygen atoms in total. The molecule has 1 aromatic heterocycles.